The summed E-state index contributed by atoms with van der Waals surface area (Å²) in [6, 6.07) is 15.3. The molecular weight excluding hydrogens is 635 g/mol. The van der Waals surface area contributed by atoms with Gasteiger partial charge in [-0.15, -0.1) is 0 Å². The molecule has 1 unspecified atom stereocenters. The number of amides is 1. The van der Waals surface area contributed by atoms with Crippen LogP contribution in [0.4, 0.5) is 13.2 Å². The van der Waals surface area contributed by atoms with Crippen molar-refractivity contribution in [3.63, 3.8) is 0 Å². The van der Waals surface area contributed by atoms with Gasteiger partial charge in [0, 0.05) is 42.6 Å². The molecule has 2 aromatic carbocycles. The van der Waals surface area contributed by atoms with Crippen LogP contribution in [-0.4, -0.2) is 93.6 Å². The number of rotatable bonds is 6. The van der Waals surface area contributed by atoms with E-state index in [1.54, 1.807) is 23.2 Å². The fourth-order valence-corrected chi connectivity index (χ4v) is 8.20. The lowest BCUT2D eigenvalue weighted by atomic mass is 10.0. The molecule has 0 aliphatic carbocycles. The molecule has 0 bridgehead atoms. The summed E-state index contributed by atoms with van der Waals surface area (Å²) in [5.74, 6) is -0.127. The van der Waals surface area contributed by atoms with Crippen molar-refractivity contribution < 1.29 is 31.8 Å². The summed E-state index contributed by atoms with van der Waals surface area (Å²) in [4.78, 5) is 34.3. The van der Waals surface area contributed by atoms with Gasteiger partial charge in [-0.25, -0.2) is 15.0 Å². The van der Waals surface area contributed by atoms with E-state index < -0.39 is 41.1 Å². The Kier molecular flexibility index (Phi) is 8.10. The van der Waals surface area contributed by atoms with Crippen LogP contribution in [-0.2, 0) is 17.5 Å². The molecule has 5 heterocycles. The molecule has 5 aromatic rings. The van der Waals surface area contributed by atoms with Gasteiger partial charge in [0.1, 0.15) is 18.4 Å². The number of pyridine rings is 1. The van der Waals surface area contributed by atoms with Gasteiger partial charge >= 0.3 is 6.18 Å². The van der Waals surface area contributed by atoms with Gasteiger partial charge in [-0.3, -0.25) is 18.8 Å². The van der Waals surface area contributed by atoms with Crippen LogP contribution in [0.15, 0.2) is 60.8 Å². The Morgan fingerprint density at radius 2 is 1.77 bits per heavy atom. The zero-order valence-corrected chi connectivity index (χ0v) is 26.3. The highest BCUT2D eigenvalue weighted by atomic mass is 32.3. The number of H-pyrrole nitrogens is 1. The lowest BCUT2D eigenvalue weighted by molar-refractivity contribution is -0.148. The molecule has 2 aliphatic heterocycles. The smallest absolute Gasteiger partial charge is 0.449 e. The van der Waals surface area contributed by atoms with E-state index in [1.807, 2.05) is 30.3 Å². The van der Waals surface area contributed by atoms with Gasteiger partial charge in [0.15, 0.2) is 0 Å². The predicted octanol–water partition coefficient (Wildman–Crippen LogP) is 5.80. The molecule has 1 atom stereocenters. The summed E-state index contributed by atoms with van der Waals surface area (Å²) in [6.07, 6.45) is -1.91. The SMILES string of the molecule is COc1nc2ccccc2cc1-c1cnc(C2CN(C3CCS(O)(O)CC3)CCN2C(=O)Cn2c(C(F)(F)F)nc3ccccc32)[nH]1. The molecule has 7 rings (SSSR count). The number of nitrogens with one attached hydrogen (secondary N) is 1. The lowest BCUT2D eigenvalue weighted by Crippen LogP contribution is -2.55. The standard InChI is InChI=1S/C32H34F3N7O4S/c1-46-30-22(16-20-6-2-3-7-23(20)38-30)25-17-36-29(37-25)27-18-40(21-10-14-47(44,45)15-11-21)12-13-41(27)28(43)19-42-26-9-5-4-8-24(26)39-31(42)32(33,34)35/h2-9,16-17,21,27,44-45H,10-15,18-19H2,1H3,(H,36,37). The number of halogens is 3. The van der Waals surface area contributed by atoms with Crippen molar-refractivity contribution in [1.29, 1.82) is 0 Å². The van der Waals surface area contributed by atoms with Gasteiger partial charge in [0.25, 0.3) is 0 Å². The van der Waals surface area contributed by atoms with Gasteiger partial charge in [0.05, 0.1) is 41.1 Å². The highest BCUT2D eigenvalue weighted by molar-refractivity contribution is 8.24. The van der Waals surface area contributed by atoms with Crippen molar-refractivity contribution in [3.8, 4) is 17.1 Å². The predicted molar refractivity (Wildman–Crippen MR) is 172 cm³/mol. The minimum atomic E-state index is -4.75. The van der Waals surface area contributed by atoms with Gasteiger partial charge in [0.2, 0.25) is 17.6 Å². The Morgan fingerprint density at radius 1 is 1.04 bits per heavy atom. The second-order valence-electron chi connectivity index (χ2n) is 12.0. The van der Waals surface area contributed by atoms with E-state index in [4.69, 9.17) is 4.74 Å². The number of para-hydroxylation sites is 3. The molecule has 248 valence electrons. The summed E-state index contributed by atoms with van der Waals surface area (Å²) in [5, 5.41) is 0.899. The second-order valence-corrected chi connectivity index (χ2v) is 14.4. The Bertz CT molecular complexity index is 1930. The first kappa shape index (κ1) is 31.4. The molecule has 3 aromatic heterocycles. The maximum atomic E-state index is 14.1. The minimum absolute atomic E-state index is 0.0725. The van der Waals surface area contributed by atoms with E-state index in [1.165, 1.54) is 19.2 Å². The monoisotopic (exact) mass is 669 g/mol. The Morgan fingerprint density at radius 3 is 2.51 bits per heavy atom. The van der Waals surface area contributed by atoms with Gasteiger partial charge in [-0.05, 0) is 37.1 Å². The first-order valence-corrected chi connectivity index (χ1v) is 17.2. The number of aromatic amines is 1. The van der Waals surface area contributed by atoms with Crippen molar-refractivity contribution in [3.05, 3.63) is 72.4 Å². The highest BCUT2D eigenvalue weighted by Crippen LogP contribution is 2.45. The number of alkyl halides is 3. The molecule has 0 saturated carbocycles. The van der Waals surface area contributed by atoms with Gasteiger partial charge in [-0.2, -0.15) is 23.8 Å². The average Bonchev–Trinajstić information content (AvgIpc) is 3.70. The van der Waals surface area contributed by atoms with Crippen molar-refractivity contribution >= 4 is 38.4 Å². The first-order valence-electron chi connectivity index (χ1n) is 15.3. The largest absolute Gasteiger partial charge is 0.480 e. The molecule has 11 nitrogen and oxygen atoms in total. The van der Waals surface area contributed by atoms with Gasteiger partial charge in [-0.1, -0.05) is 30.3 Å². The third-order valence-corrected chi connectivity index (χ3v) is 10.9. The molecule has 0 radical (unpaired) electrons. The molecule has 3 N–H and O–H groups in total. The highest BCUT2D eigenvalue weighted by Gasteiger charge is 2.41. The zero-order valence-electron chi connectivity index (χ0n) is 25.5. The quantitative estimate of drug-likeness (QED) is 0.207. The van der Waals surface area contributed by atoms with Crippen molar-refractivity contribution in [2.24, 2.45) is 0 Å². The van der Waals surface area contributed by atoms with Crippen LogP contribution in [0.3, 0.4) is 0 Å². The van der Waals surface area contributed by atoms with E-state index in [9.17, 15) is 27.1 Å². The summed E-state index contributed by atoms with van der Waals surface area (Å²) < 4.78 is 69.1. The van der Waals surface area contributed by atoms with Crippen LogP contribution in [0.25, 0.3) is 33.2 Å². The Hall–Kier alpha value is -4.18. The number of hydrogen-bond acceptors (Lipinski definition) is 8. The van der Waals surface area contributed by atoms with E-state index in [0.717, 1.165) is 15.5 Å². The fraction of sp³-hybridized carbons (Fsp3) is 0.375. The third kappa shape index (κ3) is 6.15. The maximum absolute atomic E-state index is 14.1. The molecule has 2 saturated heterocycles. The number of ether oxygens (including phenoxy) is 1. The average molecular weight is 670 g/mol. The first-order chi connectivity index (χ1) is 22.5. The summed E-state index contributed by atoms with van der Waals surface area (Å²) in [7, 11) is -1.05. The third-order valence-electron chi connectivity index (χ3n) is 9.09. The fourth-order valence-electron chi connectivity index (χ4n) is 6.70. The van der Waals surface area contributed by atoms with Crippen LogP contribution in [0.1, 0.15) is 30.5 Å². The normalized spacial score (nSPS) is 20.1. The number of nitrogens with zero attached hydrogens (tertiary/aromatic N) is 6. The number of aromatic nitrogens is 5. The van der Waals surface area contributed by atoms with Crippen molar-refractivity contribution in [1.82, 2.24) is 34.3 Å². The molecule has 15 heteroatoms. The number of piperazine rings is 1. The minimum Gasteiger partial charge on any atom is -0.480 e. The van der Waals surface area contributed by atoms with Crippen LogP contribution in [0, 0.1) is 0 Å². The molecule has 0 spiro atoms. The number of hydrogen-bond donors (Lipinski definition) is 3. The van der Waals surface area contributed by atoms with E-state index in [2.05, 4.69) is 24.8 Å². The molecule has 1 amide bonds. The van der Waals surface area contributed by atoms with Crippen molar-refractivity contribution in [2.45, 2.75) is 37.6 Å². The summed E-state index contributed by atoms with van der Waals surface area (Å²) >= 11 is 0. The summed E-state index contributed by atoms with van der Waals surface area (Å²) in [5.41, 5.74) is 2.44. The van der Waals surface area contributed by atoms with E-state index >= 15 is 0 Å². The molecule has 2 aliphatic rings. The van der Waals surface area contributed by atoms with Gasteiger partial charge < -0.3 is 19.2 Å². The van der Waals surface area contributed by atoms with E-state index in [-0.39, 0.29) is 23.6 Å². The Balaban J connectivity index is 1.23. The number of fused-ring (bicyclic) bond motifs is 2. The lowest BCUT2D eigenvalue weighted by Gasteiger charge is -2.47. The van der Waals surface area contributed by atoms with Crippen LogP contribution in [0.5, 0.6) is 5.88 Å². The van der Waals surface area contributed by atoms with Crippen LogP contribution < -0.4 is 4.74 Å². The molecular formula is C32H34F3N7O4S. The number of imidazole rings is 2. The zero-order chi connectivity index (χ0) is 32.9. The van der Waals surface area contributed by atoms with E-state index in [0.29, 0.717) is 60.4 Å². The number of methoxy groups -OCH3 is 1. The number of carbonyl (C=O) groups is 1. The van der Waals surface area contributed by atoms with Crippen LogP contribution >= 0.6 is 10.6 Å². The topological polar surface area (TPSA) is 133 Å². The van der Waals surface area contributed by atoms with Crippen LogP contribution in [0.2, 0.25) is 0 Å². The summed E-state index contributed by atoms with van der Waals surface area (Å²) in [6.45, 7) is 0.554. The molecule has 2 fully saturated rings. The number of benzene rings is 2. The Labute approximate surface area is 269 Å². The molecule has 47 heavy (non-hydrogen) atoms. The second kappa shape index (κ2) is 12.1. The van der Waals surface area contributed by atoms with Crippen molar-refractivity contribution in [2.75, 3.05) is 38.2 Å². The maximum Gasteiger partial charge on any atom is 0.449 e. The number of carbonyl (C=O) groups excluding carboxylic acids is 1.